The maximum Gasteiger partial charge on any atom is 0.138 e. The topological polar surface area (TPSA) is 17.8 Å². The van der Waals surface area contributed by atoms with Crippen molar-refractivity contribution >= 4 is 53.3 Å². The molecule has 12 aromatic rings. The van der Waals surface area contributed by atoms with Crippen molar-refractivity contribution in [3.63, 3.8) is 0 Å². The van der Waals surface area contributed by atoms with Crippen molar-refractivity contribution in [2.45, 2.75) is 0 Å². The predicted octanol–water partition coefficient (Wildman–Crippen LogP) is 16.5. The average Bonchev–Trinajstić information content (AvgIpc) is 3.90. The highest BCUT2D eigenvalue weighted by molar-refractivity contribution is 7.26. The van der Waals surface area contributed by atoms with E-state index in [1.807, 2.05) is 11.3 Å². The van der Waals surface area contributed by atoms with Crippen molar-refractivity contribution in [1.82, 2.24) is 9.55 Å². The number of benzene rings is 9. The van der Waals surface area contributed by atoms with Crippen molar-refractivity contribution in [2.75, 3.05) is 0 Å². The maximum absolute atomic E-state index is 5.47. The minimum absolute atomic E-state index is 0.883. The third-order valence-electron chi connectivity index (χ3n) is 12.2. The Balaban J connectivity index is 0.991. The first-order chi connectivity index (χ1) is 30.7. The zero-order valence-corrected chi connectivity index (χ0v) is 34.6. The summed E-state index contributed by atoms with van der Waals surface area (Å²) < 4.78 is 5.00. The third kappa shape index (κ3) is 6.30. The number of pyridine rings is 1. The Kier molecular flexibility index (Phi) is 8.72. The molecule has 0 N–H and O–H groups in total. The van der Waals surface area contributed by atoms with Crippen LogP contribution in [0.5, 0.6) is 0 Å². The van der Waals surface area contributed by atoms with Gasteiger partial charge < -0.3 is 0 Å². The molecule has 290 valence electrons. The van der Waals surface area contributed by atoms with E-state index >= 15 is 0 Å². The average molecular weight is 807 g/mol. The van der Waals surface area contributed by atoms with Crippen LogP contribution in [-0.4, -0.2) is 9.55 Å². The van der Waals surface area contributed by atoms with Gasteiger partial charge in [-0.25, -0.2) is 4.98 Å². The molecule has 0 saturated carbocycles. The summed E-state index contributed by atoms with van der Waals surface area (Å²) in [5.41, 5.74) is 16.2. The van der Waals surface area contributed by atoms with E-state index in [1.54, 1.807) is 0 Å². The van der Waals surface area contributed by atoms with Crippen LogP contribution in [0.25, 0.3) is 115 Å². The van der Waals surface area contributed by atoms with E-state index in [0.717, 1.165) is 39.2 Å². The number of aromatic nitrogens is 2. The molecule has 0 aliphatic carbocycles. The monoisotopic (exact) mass is 806 g/mol. The third-order valence-corrected chi connectivity index (χ3v) is 13.5. The fraction of sp³-hybridized carbons (Fsp3) is 0. The molecule has 2 nitrogen and oxygen atoms in total. The Bertz CT molecular complexity index is 3500. The molecular weight excluding hydrogens is 769 g/mol. The SMILES string of the molecule is c1ccc(-c2ccc(-c3cc(-c4ccc(-c5ccccc5)cc4)nc(-n4c5ccccc5c5cc(-c6cccc(-c7cccc8c7sc7ccccc78)c6)ccc54)c3)cc2)cc1. The molecule has 0 amide bonds. The fourth-order valence-electron chi connectivity index (χ4n) is 9.13. The van der Waals surface area contributed by atoms with Gasteiger partial charge in [-0.05, 0) is 98.1 Å². The van der Waals surface area contributed by atoms with Gasteiger partial charge in [-0.1, -0.05) is 188 Å². The molecule has 0 saturated heterocycles. The summed E-state index contributed by atoms with van der Waals surface area (Å²) in [6.07, 6.45) is 0. The Morgan fingerprint density at radius 2 is 0.823 bits per heavy atom. The molecule has 0 bridgehead atoms. The van der Waals surface area contributed by atoms with E-state index in [-0.39, 0.29) is 0 Å². The lowest BCUT2D eigenvalue weighted by Gasteiger charge is -2.14. The van der Waals surface area contributed by atoms with Gasteiger partial charge in [-0.2, -0.15) is 0 Å². The summed E-state index contributed by atoms with van der Waals surface area (Å²) in [4.78, 5) is 5.47. The maximum atomic E-state index is 5.47. The van der Waals surface area contributed by atoms with Gasteiger partial charge in [0.2, 0.25) is 0 Å². The number of thiophene rings is 1. The van der Waals surface area contributed by atoms with E-state index < -0.39 is 0 Å². The van der Waals surface area contributed by atoms with Gasteiger partial charge in [-0.3, -0.25) is 4.57 Å². The van der Waals surface area contributed by atoms with E-state index in [0.29, 0.717) is 0 Å². The van der Waals surface area contributed by atoms with E-state index in [9.17, 15) is 0 Å². The van der Waals surface area contributed by atoms with Crippen LogP contribution in [0, 0.1) is 0 Å². The number of fused-ring (bicyclic) bond motifs is 6. The lowest BCUT2D eigenvalue weighted by molar-refractivity contribution is 1.08. The van der Waals surface area contributed by atoms with Crippen LogP contribution in [0.15, 0.2) is 231 Å². The summed E-state index contributed by atoms with van der Waals surface area (Å²) in [5.74, 6) is 0.883. The summed E-state index contributed by atoms with van der Waals surface area (Å²) in [7, 11) is 0. The van der Waals surface area contributed by atoms with Crippen LogP contribution >= 0.6 is 11.3 Å². The number of rotatable bonds is 7. The predicted molar refractivity (Wildman–Crippen MR) is 264 cm³/mol. The fourth-order valence-corrected chi connectivity index (χ4v) is 10.4. The summed E-state index contributed by atoms with van der Waals surface area (Å²) >= 11 is 1.88. The smallest absolute Gasteiger partial charge is 0.138 e. The highest BCUT2D eigenvalue weighted by atomic mass is 32.1. The molecule has 0 aliphatic rings. The molecule has 0 spiro atoms. The summed E-state index contributed by atoms with van der Waals surface area (Å²) in [5, 5.41) is 5.03. The van der Waals surface area contributed by atoms with Crippen LogP contribution in [0.3, 0.4) is 0 Å². The molecule has 0 aliphatic heterocycles. The minimum Gasteiger partial charge on any atom is -0.294 e. The largest absolute Gasteiger partial charge is 0.294 e. The van der Waals surface area contributed by atoms with Crippen molar-refractivity contribution in [1.29, 1.82) is 0 Å². The molecule has 0 atom stereocenters. The highest BCUT2D eigenvalue weighted by Crippen LogP contribution is 2.42. The van der Waals surface area contributed by atoms with Gasteiger partial charge in [0.05, 0.1) is 16.7 Å². The molecule has 0 radical (unpaired) electrons. The Morgan fingerprint density at radius 1 is 0.306 bits per heavy atom. The molecular formula is C59H38N2S. The molecule has 62 heavy (non-hydrogen) atoms. The lowest BCUT2D eigenvalue weighted by Crippen LogP contribution is -2.00. The van der Waals surface area contributed by atoms with Gasteiger partial charge in [0.1, 0.15) is 5.82 Å². The van der Waals surface area contributed by atoms with Crippen molar-refractivity contribution < 1.29 is 0 Å². The van der Waals surface area contributed by atoms with Crippen LogP contribution in [0.4, 0.5) is 0 Å². The minimum atomic E-state index is 0.883. The second-order valence-corrected chi connectivity index (χ2v) is 17.0. The lowest BCUT2D eigenvalue weighted by atomic mass is 9.97. The number of nitrogens with zero attached hydrogens (tertiary/aromatic N) is 2. The first-order valence-corrected chi connectivity index (χ1v) is 21.9. The number of hydrogen-bond donors (Lipinski definition) is 0. The molecule has 3 heteroatoms. The van der Waals surface area contributed by atoms with Gasteiger partial charge in [-0.15, -0.1) is 11.3 Å². The van der Waals surface area contributed by atoms with E-state index in [2.05, 4.69) is 235 Å². The second kappa shape index (κ2) is 15.0. The normalized spacial score (nSPS) is 11.5. The zero-order chi connectivity index (χ0) is 41.0. The van der Waals surface area contributed by atoms with Gasteiger partial charge in [0.25, 0.3) is 0 Å². The van der Waals surface area contributed by atoms with Gasteiger partial charge in [0.15, 0.2) is 0 Å². The summed E-state index contributed by atoms with van der Waals surface area (Å²) in [6.45, 7) is 0. The van der Waals surface area contributed by atoms with Crippen molar-refractivity contribution in [3.05, 3.63) is 231 Å². The molecule has 12 rings (SSSR count). The van der Waals surface area contributed by atoms with Crippen molar-refractivity contribution in [2.24, 2.45) is 0 Å². The first-order valence-electron chi connectivity index (χ1n) is 21.1. The van der Waals surface area contributed by atoms with Gasteiger partial charge in [0, 0.05) is 36.5 Å². The first kappa shape index (κ1) is 36.0. The van der Waals surface area contributed by atoms with E-state index in [4.69, 9.17) is 4.98 Å². The zero-order valence-electron chi connectivity index (χ0n) is 33.7. The number of para-hydroxylation sites is 1. The summed E-state index contributed by atoms with van der Waals surface area (Å²) in [6, 6.07) is 83.4. The Hall–Kier alpha value is -7.85. The molecule has 9 aromatic carbocycles. The molecule has 0 unspecified atom stereocenters. The standard InChI is InChI=1S/C59H38N2S/c1-3-13-39(14-4-1)41-25-27-43(28-26-41)48-37-54(44-31-29-42(30-32-44)40-15-5-2-6-16-40)60-58(38-48)61-55-23-9-7-19-50(55)53-36-46(33-34-56(53)61)45-17-11-18-47(35-45)49-21-12-22-52-51-20-8-10-24-57(51)62-59(49)52/h1-38H. The Morgan fingerprint density at radius 3 is 1.56 bits per heavy atom. The Labute approximate surface area is 364 Å². The van der Waals surface area contributed by atoms with Crippen LogP contribution in [-0.2, 0) is 0 Å². The molecule has 3 aromatic heterocycles. The number of hydrogen-bond acceptors (Lipinski definition) is 2. The van der Waals surface area contributed by atoms with Crippen LogP contribution in [0.1, 0.15) is 0 Å². The molecule has 0 fully saturated rings. The van der Waals surface area contributed by atoms with Crippen LogP contribution < -0.4 is 0 Å². The van der Waals surface area contributed by atoms with Crippen LogP contribution in [0.2, 0.25) is 0 Å². The van der Waals surface area contributed by atoms with Gasteiger partial charge >= 0.3 is 0 Å². The second-order valence-electron chi connectivity index (χ2n) is 15.9. The quantitative estimate of drug-likeness (QED) is 0.157. The van der Waals surface area contributed by atoms with E-state index in [1.165, 1.54) is 75.5 Å². The molecule has 3 heterocycles. The van der Waals surface area contributed by atoms with Crippen molar-refractivity contribution in [3.8, 4) is 72.7 Å². The highest BCUT2D eigenvalue weighted by Gasteiger charge is 2.18.